The first kappa shape index (κ1) is 18.5. The van der Waals surface area contributed by atoms with Crippen LogP contribution in [0.4, 0.5) is 0 Å². The van der Waals surface area contributed by atoms with E-state index < -0.39 is 17.9 Å². The molecule has 0 bridgehead atoms. The molecular formula is C16H23N3O4. The van der Waals surface area contributed by atoms with Gasteiger partial charge >= 0.3 is 0 Å². The van der Waals surface area contributed by atoms with Crippen LogP contribution in [0.15, 0.2) is 30.3 Å². The molecule has 0 radical (unpaired) electrons. The standard InChI is InChI=1S/C16H23N3O4/c1-3-9-17-16(22)12(2)19-14(20)10-18-15(21)11-23-13-7-5-4-6-8-13/h4-8,12H,3,9-11H2,1-2H3,(H,17,22)(H,18,21)(H,19,20)/t12-/m0/s1. The lowest BCUT2D eigenvalue weighted by molar-refractivity contribution is -0.129. The Morgan fingerprint density at radius 2 is 1.78 bits per heavy atom. The summed E-state index contributed by atoms with van der Waals surface area (Å²) in [5, 5.41) is 7.62. The van der Waals surface area contributed by atoms with Gasteiger partial charge in [0.05, 0.1) is 6.54 Å². The van der Waals surface area contributed by atoms with E-state index in [2.05, 4.69) is 16.0 Å². The highest BCUT2D eigenvalue weighted by Gasteiger charge is 2.15. The number of rotatable bonds is 9. The van der Waals surface area contributed by atoms with Crippen LogP contribution in [0.1, 0.15) is 20.3 Å². The molecule has 3 amide bonds. The van der Waals surface area contributed by atoms with E-state index in [0.717, 1.165) is 6.42 Å². The Hall–Kier alpha value is -2.57. The van der Waals surface area contributed by atoms with Gasteiger partial charge in [0.2, 0.25) is 11.8 Å². The third kappa shape index (κ3) is 7.85. The first-order valence-corrected chi connectivity index (χ1v) is 7.54. The molecule has 0 aliphatic heterocycles. The van der Waals surface area contributed by atoms with Crippen LogP contribution >= 0.6 is 0 Å². The minimum atomic E-state index is -0.647. The number of amides is 3. The van der Waals surface area contributed by atoms with Crippen molar-refractivity contribution >= 4 is 17.7 Å². The largest absolute Gasteiger partial charge is 0.484 e. The van der Waals surface area contributed by atoms with Crippen molar-refractivity contribution < 1.29 is 19.1 Å². The summed E-state index contributed by atoms with van der Waals surface area (Å²) in [7, 11) is 0. The normalized spacial score (nSPS) is 11.2. The van der Waals surface area contributed by atoms with Gasteiger partial charge in [0.15, 0.2) is 6.61 Å². The van der Waals surface area contributed by atoms with Gasteiger partial charge in [-0.25, -0.2) is 0 Å². The van der Waals surface area contributed by atoms with Crippen molar-refractivity contribution in [2.75, 3.05) is 19.7 Å². The summed E-state index contributed by atoms with van der Waals surface area (Å²) in [4.78, 5) is 34.9. The highest BCUT2D eigenvalue weighted by Crippen LogP contribution is 2.07. The average Bonchev–Trinajstić information content (AvgIpc) is 2.56. The molecule has 7 nitrogen and oxygen atoms in total. The van der Waals surface area contributed by atoms with E-state index in [1.807, 2.05) is 13.0 Å². The Labute approximate surface area is 135 Å². The maximum atomic E-state index is 11.7. The molecule has 0 aromatic heterocycles. The van der Waals surface area contributed by atoms with Gasteiger partial charge in [-0.1, -0.05) is 25.1 Å². The Balaban J connectivity index is 2.22. The van der Waals surface area contributed by atoms with Crippen molar-refractivity contribution in [3.63, 3.8) is 0 Å². The second-order valence-electron chi connectivity index (χ2n) is 4.96. The van der Waals surface area contributed by atoms with E-state index in [0.29, 0.717) is 12.3 Å². The van der Waals surface area contributed by atoms with Crippen molar-refractivity contribution in [2.45, 2.75) is 26.3 Å². The van der Waals surface area contributed by atoms with Gasteiger partial charge in [0.1, 0.15) is 11.8 Å². The lowest BCUT2D eigenvalue weighted by Gasteiger charge is -2.14. The fraction of sp³-hybridized carbons (Fsp3) is 0.438. The second-order valence-corrected chi connectivity index (χ2v) is 4.96. The van der Waals surface area contributed by atoms with Crippen LogP contribution in [-0.4, -0.2) is 43.5 Å². The van der Waals surface area contributed by atoms with Crippen molar-refractivity contribution in [1.29, 1.82) is 0 Å². The molecule has 0 fully saturated rings. The van der Waals surface area contributed by atoms with Gasteiger partial charge in [-0.3, -0.25) is 14.4 Å². The molecule has 3 N–H and O–H groups in total. The first-order chi connectivity index (χ1) is 11.0. The number of ether oxygens (including phenoxy) is 1. The number of benzene rings is 1. The molecule has 7 heteroatoms. The SMILES string of the molecule is CCCNC(=O)[C@H](C)NC(=O)CNC(=O)COc1ccccc1. The predicted molar refractivity (Wildman–Crippen MR) is 85.9 cm³/mol. The van der Waals surface area contributed by atoms with Gasteiger partial charge < -0.3 is 20.7 Å². The maximum Gasteiger partial charge on any atom is 0.258 e. The lowest BCUT2D eigenvalue weighted by atomic mass is 10.3. The molecule has 0 saturated heterocycles. The summed E-state index contributed by atoms with van der Waals surface area (Å²) in [5.41, 5.74) is 0. The van der Waals surface area contributed by atoms with Crippen LogP contribution < -0.4 is 20.7 Å². The zero-order valence-corrected chi connectivity index (χ0v) is 13.4. The Morgan fingerprint density at radius 3 is 2.43 bits per heavy atom. The molecule has 0 unspecified atom stereocenters. The smallest absolute Gasteiger partial charge is 0.258 e. The van der Waals surface area contributed by atoms with E-state index in [1.165, 1.54) is 0 Å². The molecule has 0 heterocycles. The molecule has 0 saturated carbocycles. The summed E-state index contributed by atoms with van der Waals surface area (Å²) in [6.07, 6.45) is 0.823. The van der Waals surface area contributed by atoms with E-state index >= 15 is 0 Å². The van der Waals surface area contributed by atoms with E-state index in [-0.39, 0.29) is 19.1 Å². The maximum absolute atomic E-state index is 11.7. The molecule has 1 rings (SSSR count). The molecule has 1 aromatic rings. The topological polar surface area (TPSA) is 96.5 Å². The minimum Gasteiger partial charge on any atom is -0.484 e. The number of hydrogen-bond acceptors (Lipinski definition) is 4. The number of nitrogens with one attached hydrogen (secondary N) is 3. The van der Waals surface area contributed by atoms with Gasteiger partial charge in [-0.05, 0) is 25.5 Å². The van der Waals surface area contributed by atoms with Crippen molar-refractivity contribution in [2.24, 2.45) is 0 Å². The summed E-state index contributed by atoms with van der Waals surface area (Å²) in [5.74, 6) is -0.517. The summed E-state index contributed by atoms with van der Waals surface area (Å²) < 4.78 is 5.26. The van der Waals surface area contributed by atoms with Crippen LogP contribution in [0.3, 0.4) is 0 Å². The zero-order valence-electron chi connectivity index (χ0n) is 13.4. The fourth-order valence-corrected chi connectivity index (χ4v) is 1.65. The number of carbonyl (C=O) groups excluding carboxylic acids is 3. The highest BCUT2D eigenvalue weighted by molar-refractivity contribution is 5.90. The first-order valence-electron chi connectivity index (χ1n) is 7.54. The van der Waals surface area contributed by atoms with E-state index in [9.17, 15) is 14.4 Å². The van der Waals surface area contributed by atoms with Gasteiger partial charge in [-0.2, -0.15) is 0 Å². The quantitative estimate of drug-likeness (QED) is 0.606. The molecular weight excluding hydrogens is 298 g/mol. The molecule has 1 atom stereocenters. The molecule has 0 spiro atoms. The molecule has 0 aliphatic carbocycles. The van der Waals surface area contributed by atoms with Crippen LogP contribution in [0.2, 0.25) is 0 Å². The molecule has 23 heavy (non-hydrogen) atoms. The Kier molecular flexibility index (Phi) is 8.20. The Bertz CT molecular complexity index is 519. The van der Waals surface area contributed by atoms with Gasteiger partial charge in [0, 0.05) is 6.54 Å². The highest BCUT2D eigenvalue weighted by atomic mass is 16.5. The van der Waals surface area contributed by atoms with E-state index in [1.54, 1.807) is 31.2 Å². The number of carbonyl (C=O) groups is 3. The van der Waals surface area contributed by atoms with Crippen LogP contribution in [0, 0.1) is 0 Å². The third-order valence-corrected chi connectivity index (χ3v) is 2.88. The van der Waals surface area contributed by atoms with Crippen molar-refractivity contribution in [3.8, 4) is 5.75 Å². The summed E-state index contributed by atoms with van der Waals surface area (Å²) in [6.45, 7) is 3.71. The predicted octanol–water partition coefficient (Wildman–Crippen LogP) is 0.213. The summed E-state index contributed by atoms with van der Waals surface area (Å²) in [6, 6.07) is 8.26. The minimum absolute atomic E-state index is 0.177. The van der Waals surface area contributed by atoms with Gasteiger partial charge in [-0.15, -0.1) is 0 Å². The lowest BCUT2D eigenvalue weighted by Crippen LogP contribution is -2.48. The number of para-hydroxylation sites is 1. The van der Waals surface area contributed by atoms with Crippen molar-refractivity contribution in [3.05, 3.63) is 30.3 Å². The zero-order chi connectivity index (χ0) is 17.1. The molecule has 0 aliphatic rings. The second kappa shape index (κ2) is 10.2. The van der Waals surface area contributed by atoms with Crippen LogP contribution in [0.5, 0.6) is 5.75 Å². The molecule has 126 valence electrons. The van der Waals surface area contributed by atoms with Crippen LogP contribution in [-0.2, 0) is 14.4 Å². The third-order valence-electron chi connectivity index (χ3n) is 2.88. The van der Waals surface area contributed by atoms with E-state index in [4.69, 9.17) is 4.74 Å². The fourth-order valence-electron chi connectivity index (χ4n) is 1.65. The number of hydrogen-bond donors (Lipinski definition) is 3. The van der Waals surface area contributed by atoms with Crippen molar-refractivity contribution in [1.82, 2.24) is 16.0 Å². The summed E-state index contributed by atoms with van der Waals surface area (Å²) >= 11 is 0. The average molecular weight is 321 g/mol. The monoisotopic (exact) mass is 321 g/mol. The Morgan fingerprint density at radius 1 is 1.09 bits per heavy atom. The van der Waals surface area contributed by atoms with Gasteiger partial charge in [0.25, 0.3) is 5.91 Å². The van der Waals surface area contributed by atoms with Crippen LogP contribution in [0.25, 0.3) is 0 Å². The molecule has 1 aromatic carbocycles.